The van der Waals surface area contributed by atoms with E-state index in [2.05, 4.69) is 4.72 Å². The Morgan fingerprint density at radius 3 is 2.22 bits per heavy atom. The number of rotatable bonds is 5. The van der Waals surface area contributed by atoms with Crippen LogP contribution in [0.5, 0.6) is 0 Å². The van der Waals surface area contributed by atoms with E-state index in [0.29, 0.717) is 6.42 Å². The zero-order valence-electron chi connectivity index (χ0n) is 11.1. The van der Waals surface area contributed by atoms with Gasteiger partial charge in [0.15, 0.2) is 0 Å². The fraction of sp³-hybridized carbons (Fsp3) is 0.538. The van der Waals surface area contributed by atoms with Crippen LogP contribution in [0.3, 0.4) is 0 Å². The van der Waals surface area contributed by atoms with E-state index in [1.54, 1.807) is 20.8 Å². The molecule has 0 aliphatic heterocycles. The number of benzene rings is 1. The molecule has 0 radical (unpaired) electrons. The molecule has 0 aliphatic carbocycles. The maximum Gasteiger partial charge on any atom is 0.216 e. The average molecular weight is 271 g/mol. The lowest BCUT2D eigenvalue weighted by atomic mass is 10.1. The van der Waals surface area contributed by atoms with E-state index < -0.39 is 20.8 Å². The highest BCUT2D eigenvalue weighted by Crippen LogP contribution is 2.14. The topological polar surface area (TPSA) is 66.4 Å². The average Bonchev–Trinajstić information content (AvgIpc) is 2.27. The standard InChI is InChI=1S/C13H21NO3S/c1-13(2,3)18(16,17)14-12(10-15)9-11-7-5-4-6-8-11/h4-8,12,14-15H,9-10H2,1-3H3. The van der Waals surface area contributed by atoms with E-state index >= 15 is 0 Å². The molecule has 0 amide bonds. The van der Waals surface area contributed by atoms with Gasteiger partial charge >= 0.3 is 0 Å². The van der Waals surface area contributed by atoms with Crippen LogP contribution in [0.4, 0.5) is 0 Å². The Morgan fingerprint density at radius 1 is 1.22 bits per heavy atom. The van der Waals surface area contributed by atoms with E-state index in [1.165, 1.54) is 0 Å². The van der Waals surface area contributed by atoms with Crippen molar-refractivity contribution in [1.82, 2.24) is 4.72 Å². The summed E-state index contributed by atoms with van der Waals surface area (Å²) >= 11 is 0. The van der Waals surface area contributed by atoms with Gasteiger partial charge in [0.2, 0.25) is 10.0 Å². The van der Waals surface area contributed by atoms with Crippen LogP contribution >= 0.6 is 0 Å². The number of aliphatic hydroxyl groups excluding tert-OH is 1. The van der Waals surface area contributed by atoms with Crippen LogP contribution in [-0.4, -0.2) is 30.9 Å². The van der Waals surface area contributed by atoms with Crippen molar-refractivity contribution in [3.05, 3.63) is 35.9 Å². The van der Waals surface area contributed by atoms with Crippen molar-refractivity contribution in [2.45, 2.75) is 38.0 Å². The number of sulfonamides is 1. The lowest BCUT2D eigenvalue weighted by molar-refractivity contribution is 0.255. The zero-order chi connectivity index (χ0) is 13.8. The fourth-order valence-electron chi connectivity index (χ4n) is 1.44. The van der Waals surface area contributed by atoms with E-state index in [4.69, 9.17) is 0 Å². The summed E-state index contributed by atoms with van der Waals surface area (Å²) < 4.78 is 25.7. The highest BCUT2D eigenvalue weighted by Gasteiger charge is 2.30. The molecule has 0 fully saturated rings. The summed E-state index contributed by atoms with van der Waals surface area (Å²) in [5.41, 5.74) is 0.994. The molecule has 0 heterocycles. The van der Waals surface area contributed by atoms with E-state index in [9.17, 15) is 13.5 Å². The first-order valence-electron chi connectivity index (χ1n) is 5.93. The van der Waals surface area contributed by atoms with Crippen LogP contribution in [0, 0.1) is 0 Å². The molecule has 0 bridgehead atoms. The first-order chi connectivity index (χ1) is 8.26. The van der Waals surface area contributed by atoms with Crippen LogP contribution in [0.15, 0.2) is 30.3 Å². The third kappa shape index (κ3) is 4.08. The molecule has 2 N–H and O–H groups in total. The molecule has 0 spiro atoms. The van der Waals surface area contributed by atoms with Gasteiger partial charge in [-0.2, -0.15) is 0 Å². The van der Waals surface area contributed by atoms with Gasteiger partial charge in [-0.3, -0.25) is 0 Å². The Morgan fingerprint density at radius 2 is 1.78 bits per heavy atom. The molecule has 102 valence electrons. The second-order valence-corrected chi connectivity index (χ2v) is 7.77. The molecular formula is C13H21NO3S. The van der Waals surface area contributed by atoms with Crippen molar-refractivity contribution in [2.24, 2.45) is 0 Å². The first kappa shape index (κ1) is 15.1. The molecule has 1 unspecified atom stereocenters. The molecule has 0 saturated heterocycles. The van der Waals surface area contributed by atoms with Crippen molar-refractivity contribution in [3.8, 4) is 0 Å². The SMILES string of the molecule is CC(C)(C)S(=O)(=O)NC(CO)Cc1ccccc1. The van der Waals surface area contributed by atoms with Crippen LogP contribution in [0.25, 0.3) is 0 Å². The Labute approximate surface area is 109 Å². The molecule has 0 saturated carbocycles. The van der Waals surface area contributed by atoms with Gasteiger partial charge in [-0.05, 0) is 32.8 Å². The summed E-state index contributed by atoms with van der Waals surface area (Å²) in [5.74, 6) is 0. The van der Waals surface area contributed by atoms with Gasteiger partial charge in [0, 0.05) is 6.04 Å². The van der Waals surface area contributed by atoms with Gasteiger partial charge in [-0.15, -0.1) is 0 Å². The predicted molar refractivity (Wildman–Crippen MR) is 72.8 cm³/mol. The van der Waals surface area contributed by atoms with Gasteiger partial charge in [0.05, 0.1) is 11.4 Å². The molecular weight excluding hydrogens is 250 g/mol. The Balaban J connectivity index is 2.75. The Hall–Kier alpha value is -0.910. The molecule has 18 heavy (non-hydrogen) atoms. The quantitative estimate of drug-likeness (QED) is 0.848. The van der Waals surface area contributed by atoms with Gasteiger partial charge in [-0.25, -0.2) is 13.1 Å². The number of hydrogen-bond donors (Lipinski definition) is 2. The maximum atomic E-state index is 12.0. The normalized spacial score (nSPS) is 14.4. The summed E-state index contributed by atoms with van der Waals surface area (Å²) in [6.45, 7) is 4.68. The third-order valence-electron chi connectivity index (χ3n) is 2.67. The van der Waals surface area contributed by atoms with Crippen molar-refractivity contribution in [2.75, 3.05) is 6.61 Å². The molecule has 1 atom stereocenters. The van der Waals surface area contributed by atoms with E-state index in [1.807, 2.05) is 30.3 Å². The molecule has 5 heteroatoms. The van der Waals surface area contributed by atoms with Gasteiger partial charge in [-0.1, -0.05) is 30.3 Å². The summed E-state index contributed by atoms with van der Waals surface area (Å²) in [7, 11) is -3.44. The van der Waals surface area contributed by atoms with Crippen molar-refractivity contribution >= 4 is 10.0 Å². The molecule has 0 aromatic heterocycles. The number of aliphatic hydroxyl groups is 1. The molecule has 4 nitrogen and oxygen atoms in total. The lowest BCUT2D eigenvalue weighted by Gasteiger charge is -2.24. The lowest BCUT2D eigenvalue weighted by Crippen LogP contribution is -2.46. The van der Waals surface area contributed by atoms with Gasteiger partial charge in [0.25, 0.3) is 0 Å². The second kappa shape index (κ2) is 5.82. The summed E-state index contributed by atoms with van der Waals surface area (Å²) in [4.78, 5) is 0. The summed E-state index contributed by atoms with van der Waals surface area (Å²) in [5, 5.41) is 9.29. The zero-order valence-corrected chi connectivity index (χ0v) is 11.9. The molecule has 1 aromatic carbocycles. The van der Waals surface area contributed by atoms with E-state index in [-0.39, 0.29) is 6.61 Å². The smallest absolute Gasteiger partial charge is 0.216 e. The largest absolute Gasteiger partial charge is 0.395 e. The van der Waals surface area contributed by atoms with Crippen molar-refractivity contribution in [1.29, 1.82) is 0 Å². The Kier molecular flexibility index (Phi) is 4.90. The van der Waals surface area contributed by atoms with Crippen LogP contribution in [-0.2, 0) is 16.4 Å². The minimum Gasteiger partial charge on any atom is -0.395 e. The summed E-state index contributed by atoms with van der Waals surface area (Å²) in [6, 6.07) is 9.01. The van der Waals surface area contributed by atoms with Crippen LogP contribution in [0.2, 0.25) is 0 Å². The molecule has 1 rings (SSSR count). The van der Waals surface area contributed by atoms with Crippen LogP contribution < -0.4 is 4.72 Å². The van der Waals surface area contributed by atoms with Crippen molar-refractivity contribution in [3.63, 3.8) is 0 Å². The Bertz CT molecular complexity index is 463. The van der Waals surface area contributed by atoms with Gasteiger partial charge in [0.1, 0.15) is 0 Å². The summed E-state index contributed by atoms with van der Waals surface area (Å²) in [6.07, 6.45) is 0.479. The highest BCUT2D eigenvalue weighted by atomic mass is 32.2. The van der Waals surface area contributed by atoms with Crippen LogP contribution in [0.1, 0.15) is 26.3 Å². The van der Waals surface area contributed by atoms with Gasteiger partial charge < -0.3 is 5.11 Å². The molecule has 0 aliphatic rings. The second-order valence-electron chi connectivity index (χ2n) is 5.30. The van der Waals surface area contributed by atoms with Crippen molar-refractivity contribution < 1.29 is 13.5 Å². The monoisotopic (exact) mass is 271 g/mol. The third-order valence-corrected chi connectivity index (χ3v) is 4.93. The highest BCUT2D eigenvalue weighted by molar-refractivity contribution is 7.90. The fourth-order valence-corrected chi connectivity index (χ4v) is 2.39. The van der Waals surface area contributed by atoms with E-state index in [0.717, 1.165) is 5.56 Å². The minimum atomic E-state index is -3.44. The minimum absolute atomic E-state index is 0.218. The number of hydrogen-bond acceptors (Lipinski definition) is 3. The first-order valence-corrected chi connectivity index (χ1v) is 7.41. The number of nitrogens with one attached hydrogen (secondary N) is 1. The predicted octanol–water partition coefficient (Wildman–Crippen LogP) is 1.31. The maximum absolute atomic E-state index is 12.0. The molecule has 1 aromatic rings.